The van der Waals surface area contributed by atoms with Crippen molar-refractivity contribution in [2.75, 3.05) is 0 Å². The van der Waals surface area contributed by atoms with Crippen molar-refractivity contribution in [2.24, 2.45) is 11.1 Å². The third-order valence-electron chi connectivity index (χ3n) is 3.40. The number of nitrogens with zero attached hydrogens (tertiary/aromatic N) is 4. The molecule has 23 heavy (non-hydrogen) atoms. The first kappa shape index (κ1) is 15.5. The van der Waals surface area contributed by atoms with Crippen LogP contribution in [0, 0.1) is 5.92 Å². The highest BCUT2D eigenvalue weighted by atomic mass is 32.1. The zero-order chi connectivity index (χ0) is 16.2. The molecule has 2 aromatic rings. The van der Waals surface area contributed by atoms with Gasteiger partial charge in [-0.15, -0.1) is 11.3 Å². The van der Waals surface area contributed by atoms with Gasteiger partial charge in [-0.25, -0.2) is 15.0 Å². The molecule has 1 amide bonds. The average Bonchev–Trinajstić information content (AvgIpc) is 3.23. The van der Waals surface area contributed by atoms with Gasteiger partial charge in [0.1, 0.15) is 0 Å². The first-order valence-electron chi connectivity index (χ1n) is 7.35. The molecule has 2 aromatic heterocycles. The molecule has 3 heterocycles. The summed E-state index contributed by atoms with van der Waals surface area (Å²) in [6, 6.07) is 1.76. The Morgan fingerprint density at radius 2 is 2.22 bits per heavy atom. The van der Waals surface area contributed by atoms with Crippen molar-refractivity contribution >= 4 is 23.0 Å². The summed E-state index contributed by atoms with van der Waals surface area (Å²) in [4.78, 5) is 30.0. The Hall–Kier alpha value is -2.35. The minimum absolute atomic E-state index is 0.171. The molecule has 8 heteroatoms. The summed E-state index contributed by atoms with van der Waals surface area (Å²) in [5.41, 5.74) is 1.69. The second-order valence-corrected chi connectivity index (χ2v) is 6.33. The Balaban J connectivity index is 1.53. The first-order chi connectivity index (χ1) is 11.1. The molecule has 7 nitrogen and oxygen atoms in total. The summed E-state index contributed by atoms with van der Waals surface area (Å²) >= 11 is 1.45. The monoisotopic (exact) mass is 331 g/mol. The highest BCUT2D eigenvalue weighted by molar-refractivity contribution is 7.13. The number of aromatic nitrogens is 3. The molecule has 1 atom stereocenters. The van der Waals surface area contributed by atoms with Crippen molar-refractivity contribution in [2.45, 2.75) is 32.9 Å². The van der Waals surface area contributed by atoms with E-state index in [9.17, 15) is 4.79 Å². The van der Waals surface area contributed by atoms with Gasteiger partial charge in [-0.2, -0.15) is 0 Å². The van der Waals surface area contributed by atoms with Gasteiger partial charge in [-0.05, 0) is 12.0 Å². The molecule has 1 N–H and O–H groups in total. The normalized spacial score (nSPS) is 17.0. The largest absolute Gasteiger partial charge is 0.382 e. The Morgan fingerprint density at radius 3 is 2.91 bits per heavy atom. The van der Waals surface area contributed by atoms with E-state index >= 15 is 0 Å². The molecule has 0 saturated carbocycles. The van der Waals surface area contributed by atoms with E-state index in [2.05, 4.69) is 25.4 Å². The van der Waals surface area contributed by atoms with Gasteiger partial charge in [0.25, 0.3) is 5.91 Å². The lowest BCUT2D eigenvalue weighted by molar-refractivity contribution is -0.131. The molecule has 0 radical (unpaired) electrons. The van der Waals surface area contributed by atoms with Crippen molar-refractivity contribution in [3.05, 3.63) is 29.5 Å². The maximum Gasteiger partial charge on any atom is 0.264 e. The highest BCUT2D eigenvalue weighted by Crippen LogP contribution is 2.20. The average molecular weight is 331 g/mol. The summed E-state index contributed by atoms with van der Waals surface area (Å²) in [5, 5.41) is 9.41. The smallest absolute Gasteiger partial charge is 0.264 e. The Bertz CT molecular complexity index is 714. The molecule has 1 aliphatic heterocycles. The molecule has 0 aromatic carbocycles. The number of hydrogen-bond acceptors (Lipinski definition) is 7. The Kier molecular flexibility index (Phi) is 4.61. The third kappa shape index (κ3) is 3.70. The van der Waals surface area contributed by atoms with E-state index in [0.29, 0.717) is 24.7 Å². The van der Waals surface area contributed by atoms with Crippen LogP contribution in [-0.2, 0) is 16.2 Å². The van der Waals surface area contributed by atoms with E-state index in [1.165, 1.54) is 11.3 Å². The van der Waals surface area contributed by atoms with Crippen LogP contribution < -0.4 is 5.32 Å². The number of thiazole rings is 1. The van der Waals surface area contributed by atoms with Gasteiger partial charge in [0.15, 0.2) is 10.8 Å². The van der Waals surface area contributed by atoms with Crippen LogP contribution in [-0.4, -0.2) is 32.7 Å². The van der Waals surface area contributed by atoms with Gasteiger partial charge in [0.2, 0.25) is 6.10 Å². The summed E-state index contributed by atoms with van der Waals surface area (Å²) in [6.45, 7) is 4.41. The molecule has 1 aliphatic rings. The summed E-state index contributed by atoms with van der Waals surface area (Å²) in [6.07, 6.45) is 3.36. The quantitative estimate of drug-likeness (QED) is 0.905. The van der Waals surface area contributed by atoms with Gasteiger partial charge in [0.05, 0.1) is 18.0 Å². The van der Waals surface area contributed by atoms with Crippen molar-refractivity contribution < 1.29 is 9.63 Å². The molecule has 0 fully saturated rings. The molecule has 0 aliphatic carbocycles. The molecular weight excluding hydrogens is 314 g/mol. The standard InChI is InChI=1S/C15H17N5O2S/c1-9(2)11-6-12(22-20-11)14(21)18-7-10-8-23-15(19-10)13-16-4-3-5-17-13/h3-5,8-9,12H,6-7H2,1-2H3,(H,18,21). The van der Waals surface area contributed by atoms with Crippen LogP contribution in [0.5, 0.6) is 0 Å². The van der Waals surface area contributed by atoms with Gasteiger partial charge in [-0.3, -0.25) is 4.79 Å². The van der Waals surface area contributed by atoms with Gasteiger partial charge >= 0.3 is 0 Å². The third-order valence-corrected chi connectivity index (χ3v) is 4.29. The van der Waals surface area contributed by atoms with Crippen LogP contribution in [0.25, 0.3) is 10.8 Å². The van der Waals surface area contributed by atoms with E-state index in [-0.39, 0.29) is 5.91 Å². The number of hydrogen-bond donors (Lipinski definition) is 1. The van der Waals surface area contributed by atoms with E-state index < -0.39 is 6.10 Å². The minimum atomic E-state index is -0.539. The molecule has 0 spiro atoms. The van der Waals surface area contributed by atoms with Crippen molar-refractivity contribution in [3.63, 3.8) is 0 Å². The fourth-order valence-electron chi connectivity index (χ4n) is 2.07. The van der Waals surface area contributed by atoms with E-state index in [0.717, 1.165) is 16.4 Å². The Morgan fingerprint density at radius 1 is 1.43 bits per heavy atom. The number of amides is 1. The number of oxime groups is 1. The van der Waals surface area contributed by atoms with E-state index in [1.54, 1.807) is 18.5 Å². The van der Waals surface area contributed by atoms with Crippen LogP contribution in [0.1, 0.15) is 26.0 Å². The minimum Gasteiger partial charge on any atom is -0.382 e. The molecule has 0 saturated heterocycles. The van der Waals surface area contributed by atoms with Crippen molar-refractivity contribution in [3.8, 4) is 10.8 Å². The maximum absolute atomic E-state index is 12.1. The van der Waals surface area contributed by atoms with Gasteiger partial charge in [0, 0.05) is 24.2 Å². The number of carbonyl (C=O) groups is 1. The second kappa shape index (κ2) is 6.82. The van der Waals surface area contributed by atoms with Crippen LogP contribution >= 0.6 is 11.3 Å². The van der Waals surface area contributed by atoms with Crippen LogP contribution in [0.3, 0.4) is 0 Å². The fraction of sp³-hybridized carbons (Fsp3) is 0.400. The topological polar surface area (TPSA) is 89.4 Å². The predicted octanol–water partition coefficient (Wildman–Crippen LogP) is 2.02. The number of rotatable bonds is 5. The molecule has 1 unspecified atom stereocenters. The number of nitrogens with one attached hydrogen (secondary N) is 1. The molecular formula is C15H17N5O2S. The number of carbonyl (C=O) groups excluding carboxylic acids is 1. The van der Waals surface area contributed by atoms with Crippen LogP contribution in [0.2, 0.25) is 0 Å². The molecule has 3 rings (SSSR count). The maximum atomic E-state index is 12.1. The lowest BCUT2D eigenvalue weighted by Gasteiger charge is -2.08. The van der Waals surface area contributed by atoms with Gasteiger partial charge < -0.3 is 10.2 Å². The zero-order valence-corrected chi connectivity index (χ0v) is 13.7. The lowest BCUT2D eigenvalue weighted by Crippen LogP contribution is -2.34. The van der Waals surface area contributed by atoms with Gasteiger partial charge in [-0.1, -0.05) is 19.0 Å². The van der Waals surface area contributed by atoms with Crippen LogP contribution in [0.4, 0.5) is 0 Å². The Labute approximate surface area is 137 Å². The fourth-order valence-corrected chi connectivity index (χ4v) is 2.83. The summed E-state index contributed by atoms with van der Waals surface area (Å²) in [7, 11) is 0. The predicted molar refractivity (Wildman–Crippen MR) is 86.7 cm³/mol. The molecule has 0 bridgehead atoms. The van der Waals surface area contributed by atoms with Crippen LogP contribution in [0.15, 0.2) is 29.0 Å². The molecule has 120 valence electrons. The second-order valence-electron chi connectivity index (χ2n) is 5.47. The zero-order valence-electron chi connectivity index (χ0n) is 12.9. The first-order valence-corrected chi connectivity index (χ1v) is 8.23. The van der Waals surface area contributed by atoms with E-state index in [4.69, 9.17) is 4.84 Å². The summed E-state index contributed by atoms with van der Waals surface area (Å²) in [5.74, 6) is 0.707. The highest BCUT2D eigenvalue weighted by Gasteiger charge is 2.29. The van der Waals surface area contributed by atoms with E-state index in [1.807, 2.05) is 19.2 Å². The SMILES string of the molecule is CC(C)C1=NOC(C(=O)NCc2csc(-c3ncccn3)n2)C1. The summed E-state index contributed by atoms with van der Waals surface area (Å²) < 4.78 is 0. The van der Waals surface area contributed by atoms with Crippen molar-refractivity contribution in [1.29, 1.82) is 0 Å². The van der Waals surface area contributed by atoms with Crippen molar-refractivity contribution in [1.82, 2.24) is 20.3 Å². The lowest BCUT2D eigenvalue weighted by atomic mass is 10.0.